The highest BCUT2D eigenvalue weighted by Crippen LogP contribution is 2.39. The molecule has 2 aromatic heterocycles. The quantitative estimate of drug-likeness (QED) is 0.196. The third-order valence-electron chi connectivity index (χ3n) is 9.12. The number of nitrogens with one attached hydrogen (secondary N) is 2. The number of amides is 1. The molecular weight excluding hydrogens is 580 g/mol. The van der Waals surface area contributed by atoms with E-state index in [9.17, 15) is 14.7 Å². The molecule has 3 N–H and O–H groups in total. The molecule has 44 heavy (non-hydrogen) atoms. The zero-order valence-corrected chi connectivity index (χ0v) is 25.7. The summed E-state index contributed by atoms with van der Waals surface area (Å²) in [6.07, 6.45) is 4.79. The minimum absolute atomic E-state index is 0.0330. The molecule has 0 unspecified atom stereocenters. The maximum absolute atomic E-state index is 12.6. The van der Waals surface area contributed by atoms with Crippen molar-refractivity contribution in [2.45, 2.75) is 64.5 Å². The van der Waals surface area contributed by atoms with Crippen molar-refractivity contribution in [1.29, 1.82) is 0 Å². The summed E-state index contributed by atoms with van der Waals surface area (Å²) < 4.78 is 11.5. The summed E-state index contributed by atoms with van der Waals surface area (Å²) >= 11 is 6.65. The van der Waals surface area contributed by atoms with Gasteiger partial charge in [-0.3, -0.25) is 9.59 Å². The number of hydrogen-bond donors (Lipinski definition) is 3. The van der Waals surface area contributed by atoms with Crippen LogP contribution in [0.15, 0.2) is 54.6 Å². The maximum atomic E-state index is 12.6. The van der Waals surface area contributed by atoms with E-state index in [1.54, 1.807) is 13.8 Å². The number of rotatable bonds is 8. The van der Waals surface area contributed by atoms with Crippen LogP contribution in [-0.4, -0.2) is 57.3 Å². The van der Waals surface area contributed by atoms with E-state index < -0.39 is 11.4 Å². The number of nitrogens with zero attached hydrogens (tertiary/aromatic N) is 2. The van der Waals surface area contributed by atoms with Gasteiger partial charge in [-0.25, -0.2) is 4.98 Å². The molecule has 2 aromatic carbocycles. The summed E-state index contributed by atoms with van der Waals surface area (Å²) in [5.41, 5.74) is 4.59. The highest BCUT2D eigenvalue weighted by molar-refractivity contribution is 6.33. The van der Waals surface area contributed by atoms with Crippen LogP contribution in [0.3, 0.4) is 0 Å². The van der Waals surface area contributed by atoms with Gasteiger partial charge < -0.3 is 24.9 Å². The van der Waals surface area contributed by atoms with E-state index in [2.05, 4.69) is 15.3 Å². The normalized spacial score (nSPS) is 19.5. The van der Waals surface area contributed by atoms with Crippen LogP contribution < -0.4 is 10.1 Å². The number of aromatic amines is 1. The predicted molar refractivity (Wildman–Crippen MR) is 169 cm³/mol. The number of aromatic nitrogens is 3. The van der Waals surface area contributed by atoms with Crippen LogP contribution in [0.25, 0.3) is 33.5 Å². The molecule has 1 saturated carbocycles. The first-order valence-corrected chi connectivity index (χ1v) is 15.6. The third-order valence-corrected chi connectivity index (χ3v) is 9.41. The number of imidazole rings is 1. The van der Waals surface area contributed by atoms with E-state index in [1.165, 1.54) is 0 Å². The van der Waals surface area contributed by atoms with E-state index in [0.29, 0.717) is 46.7 Å². The molecule has 0 spiro atoms. The molecule has 1 saturated heterocycles. The maximum Gasteiger partial charge on any atom is 0.309 e. The number of H-pyrrole nitrogens is 1. The Morgan fingerprint density at radius 2 is 1.55 bits per heavy atom. The Labute approximate surface area is 261 Å². The number of benzene rings is 2. The highest BCUT2D eigenvalue weighted by Gasteiger charge is 2.39. The summed E-state index contributed by atoms with van der Waals surface area (Å²) in [6, 6.07) is 17.9. The number of hydrogen-bond acceptors (Lipinski definition) is 6. The zero-order valence-electron chi connectivity index (χ0n) is 24.9. The number of fused-ring (bicyclic) bond motifs is 1. The second-order valence-electron chi connectivity index (χ2n) is 12.4. The monoisotopic (exact) mass is 616 g/mol. The van der Waals surface area contributed by atoms with Gasteiger partial charge in [-0.05, 0) is 87.6 Å². The predicted octanol–water partition coefficient (Wildman–Crippen LogP) is 6.90. The first-order valence-electron chi connectivity index (χ1n) is 15.2. The minimum Gasteiger partial charge on any atom is -0.481 e. The standard InChI is InChI=1S/C34H37ClN4O5/c1-34(2,32(41)42)24-11-13-26(14-12-24)44-33-37-28-19-27(35)29(38-30(28)39-33)22-7-3-20(4-8-22)21-5-9-23(10-6-21)31(40)36-25-15-17-43-18-16-25/h3-10,19,24-26H,11-18H2,1-2H3,(H,36,40)(H,41,42)(H,37,38,39). The lowest BCUT2D eigenvalue weighted by atomic mass is 9.70. The van der Waals surface area contributed by atoms with Crippen LogP contribution in [0.1, 0.15) is 62.7 Å². The Kier molecular flexibility index (Phi) is 8.60. The second kappa shape index (κ2) is 12.6. The number of ether oxygens (including phenoxy) is 2. The topological polar surface area (TPSA) is 126 Å². The van der Waals surface area contributed by atoms with Crippen molar-refractivity contribution < 1.29 is 24.2 Å². The molecule has 0 radical (unpaired) electrons. The SMILES string of the molecule is CC(C)(C(=O)O)C1CCC(Oc2nc3nc(-c4ccc(-c5ccc(C(=O)NC6CCOCC6)cc5)cc4)c(Cl)cc3[nH]2)CC1. The van der Waals surface area contributed by atoms with Gasteiger partial charge in [0.1, 0.15) is 6.10 Å². The van der Waals surface area contributed by atoms with Gasteiger partial charge in [-0.1, -0.05) is 48.0 Å². The van der Waals surface area contributed by atoms with Crippen molar-refractivity contribution in [1.82, 2.24) is 20.3 Å². The summed E-state index contributed by atoms with van der Waals surface area (Å²) in [5, 5.41) is 13.2. The number of halogens is 1. The van der Waals surface area contributed by atoms with Crippen molar-refractivity contribution in [2.75, 3.05) is 13.2 Å². The molecule has 2 fully saturated rings. The van der Waals surface area contributed by atoms with E-state index in [0.717, 1.165) is 55.2 Å². The fraction of sp³-hybridized carbons (Fsp3) is 0.412. The van der Waals surface area contributed by atoms with Crippen LogP contribution in [0, 0.1) is 11.3 Å². The summed E-state index contributed by atoms with van der Waals surface area (Å²) in [7, 11) is 0. The van der Waals surface area contributed by atoms with Gasteiger partial charge in [0.25, 0.3) is 11.9 Å². The van der Waals surface area contributed by atoms with E-state index in [4.69, 9.17) is 26.1 Å². The largest absolute Gasteiger partial charge is 0.481 e. The number of carbonyl (C=O) groups excluding carboxylic acids is 1. The molecule has 0 bridgehead atoms. The minimum atomic E-state index is -0.756. The average Bonchev–Trinajstić information content (AvgIpc) is 3.42. The fourth-order valence-electron chi connectivity index (χ4n) is 6.13. The number of carboxylic acid groups (broad SMARTS) is 1. The van der Waals surface area contributed by atoms with Crippen LogP contribution in [-0.2, 0) is 9.53 Å². The first-order chi connectivity index (χ1) is 21.2. The van der Waals surface area contributed by atoms with E-state index in [1.807, 2.05) is 54.6 Å². The Hall–Kier alpha value is -3.95. The molecule has 9 nitrogen and oxygen atoms in total. The molecule has 10 heteroatoms. The molecule has 0 atom stereocenters. The lowest BCUT2D eigenvalue weighted by molar-refractivity contribution is -0.151. The summed E-state index contributed by atoms with van der Waals surface area (Å²) in [6.45, 7) is 4.97. The van der Waals surface area contributed by atoms with Gasteiger partial charge in [-0.15, -0.1) is 0 Å². The van der Waals surface area contributed by atoms with Crippen molar-refractivity contribution in [3.63, 3.8) is 0 Å². The summed E-state index contributed by atoms with van der Waals surface area (Å²) in [5.74, 6) is -0.694. The third kappa shape index (κ3) is 6.44. The van der Waals surface area contributed by atoms with Crippen LogP contribution >= 0.6 is 11.6 Å². The number of carbonyl (C=O) groups is 2. The first kappa shape index (κ1) is 30.1. The van der Waals surface area contributed by atoms with Gasteiger partial charge >= 0.3 is 5.97 Å². The molecule has 2 aliphatic rings. The number of pyridine rings is 1. The Morgan fingerprint density at radius 1 is 0.932 bits per heavy atom. The molecule has 1 aliphatic heterocycles. The zero-order chi connectivity index (χ0) is 30.8. The van der Waals surface area contributed by atoms with Crippen molar-refractivity contribution in [2.24, 2.45) is 11.3 Å². The molecule has 3 heterocycles. The van der Waals surface area contributed by atoms with Gasteiger partial charge in [-0.2, -0.15) is 4.98 Å². The Bertz CT molecular complexity index is 1640. The number of carboxylic acids is 1. The Morgan fingerprint density at radius 3 is 2.18 bits per heavy atom. The smallest absolute Gasteiger partial charge is 0.309 e. The molecule has 4 aromatic rings. The van der Waals surface area contributed by atoms with Crippen molar-refractivity contribution in [3.05, 3.63) is 65.2 Å². The van der Waals surface area contributed by atoms with Gasteiger partial charge in [0.05, 0.1) is 21.6 Å². The fourth-order valence-corrected chi connectivity index (χ4v) is 6.39. The lowest BCUT2D eigenvalue weighted by Crippen LogP contribution is -2.38. The molecule has 6 rings (SSSR count). The molecule has 230 valence electrons. The van der Waals surface area contributed by atoms with Crippen LogP contribution in [0.2, 0.25) is 5.02 Å². The van der Waals surface area contributed by atoms with Gasteiger partial charge in [0.2, 0.25) is 0 Å². The molecule has 1 amide bonds. The lowest BCUT2D eigenvalue weighted by Gasteiger charge is -2.36. The number of aliphatic carboxylic acids is 1. The Balaban J connectivity index is 1.10. The second-order valence-corrected chi connectivity index (χ2v) is 12.8. The highest BCUT2D eigenvalue weighted by atomic mass is 35.5. The van der Waals surface area contributed by atoms with Gasteiger partial charge in [0, 0.05) is 30.4 Å². The van der Waals surface area contributed by atoms with Crippen molar-refractivity contribution >= 4 is 34.6 Å². The van der Waals surface area contributed by atoms with E-state index in [-0.39, 0.29) is 24.0 Å². The molecular formula is C34H37ClN4O5. The van der Waals surface area contributed by atoms with E-state index >= 15 is 0 Å². The summed E-state index contributed by atoms with van der Waals surface area (Å²) in [4.78, 5) is 36.8. The van der Waals surface area contributed by atoms with Crippen LogP contribution in [0.4, 0.5) is 0 Å². The van der Waals surface area contributed by atoms with Crippen LogP contribution in [0.5, 0.6) is 6.01 Å². The van der Waals surface area contributed by atoms with Gasteiger partial charge in [0.15, 0.2) is 5.65 Å². The molecule has 1 aliphatic carbocycles. The van der Waals surface area contributed by atoms with Crippen molar-refractivity contribution in [3.8, 4) is 28.4 Å². The average molecular weight is 617 g/mol.